The number of carboxylic acids is 2. The predicted molar refractivity (Wildman–Crippen MR) is 79.5 cm³/mol. The summed E-state index contributed by atoms with van der Waals surface area (Å²) in [7, 11) is 1.34. The van der Waals surface area contributed by atoms with Crippen LogP contribution in [0, 0.1) is 0 Å². The number of oxime groups is 1. The zero-order chi connectivity index (χ0) is 16.1. The van der Waals surface area contributed by atoms with Crippen molar-refractivity contribution >= 4 is 17.7 Å². The summed E-state index contributed by atoms with van der Waals surface area (Å²) in [6.45, 7) is 0. The fourth-order valence-electron chi connectivity index (χ4n) is 2.10. The third-order valence-corrected chi connectivity index (χ3v) is 2.99. The van der Waals surface area contributed by atoms with Crippen molar-refractivity contribution < 1.29 is 24.6 Å². The van der Waals surface area contributed by atoms with Crippen molar-refractivity contribution in [3.05, 3.63) is 70.8 Å². The van der Waals surface area contributed by atoms with Gasteiger partial charge in [0.15, 0.2) is 0 Å². The average Bonchev–Trinajstić information content (AvgIpc) is 2.52. The van der Waals surface area contributed by atoms with Crippen LogP contribution in [0.1, 0.15) is 31.8 Å². The first kappa shape index (κ1) is 15.2. The van der Waals surface area contributed by atoms with E-state index in [1.165, 1.54) is 25.3 Å². The Balaban J connectivity index is 2.73. The summed E-state index contributed by atoms with van der Waals surface area (Å²) in [6.07, 6.45) is 0. The van der Waals surface area contributed by atoms with Crippen LogP contribution >= 0.6 is 0 Å². The molecule has 0 aliphatic rings. The second-order valence-electron chi connectivity index (χ2n) is 4.33. The molecule has 0 saturated carbocycles. The summed E-state index contributed by atoms with van der Waals surface area (Å²) in [5, 5.41) is 22.5. The van der Waals surface area contributed by atoms with Crippen LogP contribution in [0.25, 0.3) is 0 Å². The lowest BCUT2D eigenvalue weighted by atomic mass is 9.94. The lowest BCUT2D eigenvalue weighted by Crippen LogP contribution is -2.16. The van der Waals surface area contributed by atoms with Gasteiger partial charge in [0, 0.05) is 11.1 Å². The Bertz CT molecular complexity index is 737. The molecule has 2 rings (SSSR count). The number of hydrogen-bond acceptors (Lipinski definition) is 4. The van der Waals surface area contributed by atoms with Crippen LogP contribution in [-0.4, -0.2) is 35.0 Å². The van der Waals surface area contributed by atoms with Crippen LogP contribution < -0.4 is 0 Å². The van der Waals surface area contributed by atoms with E-state index in [0.29, 0.717) is 5.56 Å². The number of aromatic carboxylic acids is 2. The van der Waals surface area contributed by atoms with E-state index in [1.54, 1.807) is 30.3 Å². The molecule has 112 valence electrons. The minimum absolute atomic E-state index is 0.181. The maximum Gasteiger partial charge on any atom is 0.337 e. The highest BCUT2D eigenvalue weighted by molar-refractivity contribution is 6.19. The van der Waals surface area contributed by atoms with Crippen molar-refractivity contribution in [2.45, 2.75) is 0 Å². The molecule has 0 spiro atoms. The zero-order valence-electron chi connectivity index (χ0n) is 11.7. The van der Waals surface area contributed by atoms with Gasteiger partial charge in [-0.15, -0.1) is 0 Å². The molecule has 0 unspecified atom stereocenters. The lowest BCUT2D eigenvalue weighted by molar-refractivity contribution is 0.0651. The maximum atomic E-state index is 11.5. The molecule has 6 heteroatoms. The Kier molecular flexibility index (Phi) is 4.53. The van der Waals surface area contributed by atoms with Gasteiger partial charge in [-0.05, 0) is 6.07 Å². The third kappa shape index (κ3) is 2.95. The van der Waals surface area contributed by atoms with Crippen molar-refractivity contribution in [3.8, 4) is 0 Å². The predicted octanol–water partition coefficient (Wildman–Crippen LogP) is 2.48. The Morgan fingerprint density at radius 2 is 1.55 bits per heavy atom. The van der Waals surface area contributed by atoms with Crippen LogP contribution in [0.5, 0.6) is 0 Å². The number of benzene rings is 2. The van der Waals surface area contributed by atoms with Crippen molar-refractivity contribution in [2.24, 2.45) is 5.16 Å². The maximum absolute atomic E-state index is 11.5. The summed E-state index contributed by atoms with van der Waals surface area (Å²) < 4.78 is 0. The molecule has 0 aliphatic carbocycles. The largest absolute Gasteiger partial charge is 0.478 e. The van der Waals surface area contributed by atoms with Crippen molar-refractivity contribution in [1.82, 2.24) is 0 Å². The molecular formula is C16H13NO5. The molecule has 0 amide bonds. The van der Waals surface area contributed by atoms with Gasteiger partial charge in [-0.2, -0.15) is 0 Å². The first-order chi connectivity index (χ1) is 10.6. The van der Waals surface area contributed by atoms with Crippen molar-refractivity contribution in [3.63, 3.8) is 0 Å². The van der Waals surface area contributed by atoms with Crippen LogP contribution in [-0.2, 0) is 4.84 Å². The summed E-state index contributed by atoms with van der Waals surface area (Å²) in [5.74, 6) is -2.66. The van der Waals surface area contributed by atoms with Crippen molar-refractivity contribution in [1.29, 1.82) is 0 Å². The molecule has 0 aromatic heterocycles. The van der Waals surface area contributed by atoms with Crippen LogP contribution in [0.4, 0.5) is 0 Å². The first-order valence-electron chi connectivity index (χ1n) is 6.32. The van der Waals surface area contributed by atoms with Crippen LogP contribution in [0.15, 0.2) is 53.7 Å². The highest BCUT2D eigenvalue weighted by Gasteiger charge is 2.23. The standard InChI is InChI=1S/C16H13NO5/c1-22-17-14(10-6-3-2-4-7-10)11-8-5-9-12(15(18)19)13(11)16(20)21/h2-9H,1H3,(H,18,19)(H,20,21)/b17-14+. The van der Waals surface area contributed by atoms with Gasteiger partial charge < -0.3 is 15.1 Å². The highest BCUT2D eigenvalue weighted by atomic mass is 16.6. The number of nitrogens with zero attached hydrogens (tertiary/aromatic N) is 1. The number of carboxylic acid groups (broad SMARTS) is 2. The van der Waals surface area contributed by atoms with E-state index in [1.807, 2.05) is 0 Å². The molecular weight excluding hydrogens is 286 g/mol. The molecule has 0 fully saturated rings. The molecule has 0 atom stereocenters. The zero-order valence-corrected chi connectivity index (χ0v) is 11.7. The summed E-state index contributed by atoms with van der Waals surface area (Å²) in [4.78, 5) is 27.6. The SMILES string of the molecule is CO/N=C(\c1ccccc1)c1cccc(C(=O)O)c1C(=O)O. The number of rotatable bonds is 5. The third-order valence-electron chi connectivity index (χ3n) is 2.99. The summed E-state index contributed by atoms with van der Waals surface area (Å²) in [6, 6.07) is 13.0. The van der Waals surface area contributed by atoms with Crippen molar-refractivity contribution in [2.75, 3.05) is 7.11 Å². The fraction of sp³-hybridized carbons (Fsp3) is 0.0625. The van der Waals surface area contributed by atoms with Crippen LogP contribution in [0.3, 0.4) is 0 Å². The van der Waals surface area contributed by atoms with Gasteiger partial charge in [-0.25, -0.2) is 9.59 Å². The second kappa shape index (κ2) is 6.53. The second-order valence-corrected chi connectivity index (χ2v) is 4.33. The molecule has 0 radical (unpaired) electrons. The molecule has 0 bridgehead atoms. The van der Waals surface area contributed by atoms with E-state index < -0.39 is 11.9 Å². The van der Waals surface area contributed by atoms with Gasteiger partial charge in [0.25, 0.3) is 0 Å². The average molecular weight is 299 g/mol. The Morgan fingerprint density at radius 1 is 0.909 bits per heavy atom. The minimum Gasteiger partial charge on any atom is -0.478 e. The molecule has 22 heavy (non-hydrogen) atoms. The smallest absolute Gasteiger partial charge is 0.337 e. The van der Waals surface area contributed by atoms with Gasteiger partial charge in [0.1, 0.15) is 12.8 Å². The van der Waals surface area contributed by atoms with E-state index in [0.717, 1.165) is 0 Å². The normalized spacial score (nSPS) is 11.0. The monoisotopic (exact) mass is 299 g/mol. The molecule has 2 aromatic carbocycles. The van der Waals surface area contributed by atoms with E-state index in [4.69, 9.17) is 4.84 Å². The summed E-state index contributed by atoms with van der Waals surface area (Å²) in [5.41, 5.74) is 0.429. The molecule has 0 heterocycles. The molecule has 6 nitrogen and oxygen atoms in total. The van der Waals surface area contributed by atoms with E-state index >= 15 is 0 Å². The Hall–Kier alpha value is -3.15. The van der Waals surface area contributed by atoms with Crippen LogP contribution in [0.2, 0.25) is 0 Å². The number of carbonyl (C=O) groups is 2. The van der Waals surface area contributed by atoms with E-state index in [9.17, 15) is 19.8 Å². The highest BCUT2D eigenvalue weighted by Crippen LogP contribution is 2.20. The van der Waals surface area contributed by atoms with Gasteiger partial charge in [-0.3, -0.25) is 0 Å². The van der Waals surface area contributed by atoms with Gasteiger partial charge in [0.05, 0.1) is 11.1 Å². The topological polar surface area (TPSA) is 96.2 Å². The fourth-order valence-corrected chi connectivity index (χ4v) is 2.10. The molecule has 0 aliphatic heterocycles. The molecule has 0 saturated heterocycles. The minimum atomic E-state index is -1.34. The van der Waals surface area contributed by atoms with Gasteiger partial charge in [-0.1, -0.05) is 47.6 Å². The van der Waals surface area contributed by atoms with Gasteiger partial charge in [0.2, 0.25) is 0 Å². The molecule has 2 N–H and O–H groups in total. The quantitative estimate of drug-likeness (QED) is 0.653. The summed E-state index contributed by atoms with van der Waals surface area (Å²) >= 11 is 0. The number of hydrogen-bond donors (Lipinski definition) is 2. The molecule has 2 aromatic rings. The van der Waals surface area contributed by atoms with E-state index in [-0.39, 0.29) is 22.4 Å². The lowest BCUT2D eigenvalue weighted by Gasteiger charge is -2.11. The first-order valence-corrected chi connectivity index (χ1v) is 6.32. The Labute approximate surface area is 126 Å². The Morgan fingerprint density at radius 3 is 2.09 bits per heavy atom. The van der Waals surface area contributed by atoms with Gasteiger partial charge >= 0.3 is 11.9 Å². The van der Waals surface area contributed by atoms with E-state index in [2.05, 4.69) is 5.16 Å².